The molecule has 0 spiro atoms. The summed E-state index contributed by atoms with van der Waals surface area (Å²) >= 11 is 6.12. The van der Waals surface area contributed by atoms with Gasteiger partial charge in [-0.15, -0.1) is 0 Å². The van der Waals surface area contributed by atoms with Gasteiger partial charge >= 0.3 is 5.56 Å². The quantitative estimate of drug-likeness (QED) is 0.607. The van der Waals surface area contributed by atoms with Crippen LogP contribution in [0.25, 0.3) is 0 Å². The van der Waals surface area contributed by atoms with E-state index in [9.17, 15) is 4.79 Å². The zero-order valence-electron chi connectivity index (χ0n) is 17.0. The first kappa shape index (κ1) is 20.7. The molecule has 7 heteroatoms. The van der Waals surface area contributed by atoms with Gasteiger partial charge in [-0.05, 0) is 49.6 Å². The number of aryl methyl sites for hydroxylation is 2. The number of methoxy groups -OCH3 is 1. The molecule has 6 nitrogen and oxygen atoms in total. The molecule has 0 aliphatic rings. The minimum atomic E-state index is -0.438. The van der Waals surface area contributed by atoms with E-state index in [1.807, 2.05) is 61.7 Å². The monoisotopic (exact) mass is 413 g/mol. The highest BCUT2D eigenvalue weighted by atomic mass is 35.5. The van der Waals surface area contributed by atoms with Crippen molar-refractivity contribution in [2.24, 2.45) is 0 Å². The van der Waals surface area contributed by atoms with Gasteiger partial charge in [-0.2, -0.15) is 4.98 Å². The molecule has 3 rings (SSSR count). The van der Waals surface area contributed by atoms with Crippen molar-refractivity contribution in [2.45, 2.75) is 27.3 Å². The summed E-state index contributed by atoms with van der Waals surface area (Å²) in [4.78, 5) is 16.5. The van der Waals surface area contributed by atoms with E-state index in [1.165, 1.54) is 7.11 Å². The number of ether oxygens (including phenoxy) is 2. The second-order valence-corrected chi connectivity index (χ2v) is 7.12. The topological polar surface area (TPSA) is 65.4 Å². The number of rotatable bonds is 7. The standard InChI is InChI=1S/C22H24ClN3O3/c1-5-29-19-11-18(14(2)9-15(19)3)24-22-25-21(27)20(28-4)13-26(22)12-16-7-6-8-17(23)10-16/h6-11,13H,5,12H2,1-4H3,(H,24,25,27). The molecule has 1 N–H and O–H groups in total. The molecule has 0 saturated carbocycles. The minimum Gasteiger partial charge on any atom is -0.494 e. The second-order valence-electron chi connectivity index (χ2n) is 6.69. The fraction of sp³-hybridized carbons (Fsp3) is 0.273. The first-order valence-electron chi connectivity index (χ1n) is 9.32. The predicted molar refractivity (Wildman–Crippen MR) is 116 cm³/mol. The number of anilines is 2. The lowest BCUT2D eigenvalue weighted by molar-refractivity contribution is 0.338. The number of halogens is 1. The summed E-state index contributed by atoms with van der Waals surface area (Å²) in [5.41, 5.74) is 3.42. The second kappa shape index (κ2) is 9.01. The summed E-state index contributed by atoms with van der Waals surface area (Å²) in [6.45, 7) is 6.98. The van der Waals surface area contributed by atoms with Crippen LogP contribution in [0.2, 0.25) is 5.02 Å². The van der Waals surface area contributed by atoms with E-state index >= 15 is 0 Å². The normalized spacial score (nSPS) is 10.7. The number of benzene rings is 2. The molecule has 3 aromatic rings. The van der Waals surface area contributed by atoms with Crippen molar-refractivity contribution in [1.29, 1.82) is 0 Å². The number of hydrogen-bond acceptors (Lipinski definition) is 5. The van der Waals surface area contributed by atoms with Crippen molar-refractivity contribution in [2.75, 3.05) is 19.0 Å². The van der Waals surface area contributed by atoms with Gasteiger partial charge in [-0.25, -0.2) is 0 Å². The fourth-order valence-corrected chi connectivity index (χ4v) is 3.28. The Morgan fingerprint density at radius 2 is 1.93 bits per heavy atom. The number of nitrogens with one attached hydrogen (secondary N) is 1. The summed E-state index contributed by atoms with van der Waals surface area (Å²) in [5, 5.41) is 3.92. The summed E-state index contributed by atoms with van der Waals surface area (Å²) in [6, 6.07) is 11.5. The van der Waals surface area contributed by atoms with Gasteiger partial charge in [0, 0.05) is 16.8 Å². The Morgan fingerprint density at radius 1 is 1.14 bits per heavy atom. The third kappa shape index (κ3) is 4.90. The third-order valence-electron chi connectivity index (χ3n) is 4.49. The predicted octanol–water partition coefficient (Wildman–Crippen LogP) is 4.71. The Labute approximate surface area is 175 Å². The average Bonchev–Trinajstić information content (AvgIpc) is 2.67. The largest absolute Gasteiger partial charge is 0.494 e. The fourth-order valence-electron chi connectivity index (χ4n) is 3.06. The SMILES string of the molecule is CCOc1cc(Nc2nc(=O)c(OC)cn2Cc2cccc(Cl)c2)c(C)cc1C. The highest BCUT2D eigenvalue weighted by Gasteiger charge is 2.13. The minimum absolute atomic E-state index is 0.174. The van der Waals surface area contributed by atoms with Crippen molar-refractivity contribution < 1.29 is 9.47 Å². The summed E-state index contributed by atoms with van der Waals surface area (Å²) in [6.07, 6.45) is 1.64. The summed E-state index contributed by atoms with van der Waals surface area (Å²) < 4.78 is 12.7. The molecule has 1 aromatic heterocycles. The maximum atomic E-state index is 12.3. The van der Waals surface area contributed by atoms with E-state index in [0.717, 1.165) is 28.1 Å². The Balaban J connectivity index is 2.03. The smallest absolute Gasteiger partial charge is 0.316 e. The van der Waals surface area contributed by atoms with Gasteiger partial charge < -0.3 is 19.4 Å². The van der Waals surface area contributed by atoms with Gasteiger partial charge in [0.15, 0.2) is 0 Å². The maximum Gasteiger partial charge on any atom is 0.316 e. The van der Waals surface area contributed by atoms with E-state index in [4.69, 9.17) is 21.1 Å². The Bertz CT molecular complexity index is 1080. The zero-order valence-corrected chi connectivity index (χ0v) is 17.7. The van der Waals surface area contributed by atoms with Crippen LogP contribution in [0.3, 0.4) is 0 Å². The lowest BCUT2D eigenvalue weighted by atomic mass is 10.1. The molecule has 0 aliphatic heterocycles. The first-order valence-corrected chi connectivity index (χ1v) is 9.70. The van der Waals surface area contributed by atoms with E-state index < -0.39 is 5.56 Å². The van der Waals surface area contributed by atoms with Gasteiger partial charge in [0.1, 0.15) is 5.75 Å². The molecule has 0 radical (unpaired) electrons. The molecule has 0 saturated heterocycles. The number of nitrogens with zero attached hydrogens (tertiary/aromatic N) is 2. The van der Waals surface area contributed by atoms with Crippen molar-refractivity contribution in [3.05, 3.63) is 74.7 Å². The van der Waals surface area contributed by atoms with Crippen LogP contribution in [-0.2, 0) is 6.54 Å². The molecular formula is C22H24ClN3O3. The van der Waals surface area contributed by atoms with Gasteiger partial charge in [0.25, 0.3) is 0 Å². The van der Waals surface area contributed by atoms with Crippen LogP contribution in [0, 0.1) is 13.8 Å². The highest BCUT2D eigenvalue weighted by molar-refractivity contribution is 6.30. The van der Waals surface area contributed by atoms with Gasteiger partial charge in [0.05, 0.1) is 26.5 Å². The first-order chi connectivity index (χ1) is 13.9. The average molecular weight is 414 g/mol. The maximum absolute atomic E-state index is 12.3. The van der Waals surface area contributed by atoms with Crippen molar-refractivity contribution in [3.8, 4) is 11.5 Å². The lowest BCUT2D eigenvalue weighted by Gasteiger charge is -2.18. The molecule has 2 aromatic carbocycles. The van der Waals surface area contributed by atoms with Crippen LogP contribution in [0.15, 0.2) is 47.4 Å². The molecule has 0 bridgehead atoms. The van der Waals surface area contributed by atoms with Crippen LogP contribution < -0.4 is 20.3 Å². The Hall–Kier alpha value is -2.99. The molecule has 0 amide bonds. The zero-order chi connectivity index (χ0) is 21.0. The van der Waals surface area contributed by atoms with Gasteiger partial charge in [0.2, 0.25) is 11.7 Å². The van der Waals surface area contributed by atoms with Crippen molar-refractivity contribution in [3.63, 3.8) is 0 Å². The number of aromatic nitrogens is 2. The van der Waals surface area contributed by atoms with Crippen LogP contribution in [-0.4, -0.2) is 23.3 Å². The van der Waals surface area contributed by atoms with Gasteiger partial charge in [-0.3, -0.25) is 4.79 Å². The molecule has 152 valence electrons. The van der Waals surface area contributed by atoms with Crippen molar-refractivity contribution >= 4 is 23.2 Å². The van der Waals surface area contributed by atoms with E-state index in [2.05, 4.69) is 10.3 Å². The molecular weight excluding hydrogens is 390 g/mol. The van der Waals surface area contributed by atoms with E-state index in [0.29, 0.717) is 24.1 Å². The van der Waals surface area contributed by atoms with E-state index in [1.54, 1.807) is 6.20 Å². The third-order valence-corrected chi connectivity index (χ3v) is 4.73. The Morgan fingerprint density at radius 3 is 2.62 bits per heavy atom. The highest BCUT2D eigenvalue weighted by Crippen LogP contribution is 2.29. The molecule has 1 heterocycles. The summed E-state index contributed by atoms with van der Waals surface area (Å²) in [7, 11) is 1.45. The van der Waals surface area contributed by atoms with Crippen LogP contribution >= 0.6 is 11.6 Å². The van der Waals surface area contributed by atoms with E-state index in [-0.39, 0.29) is 5.75 Å². The van der Waals surface area contributed by atoms with Crippen molar-refractivity contribution in [1.82, 2.24) is 9.55 Å². The van der Waals surface area contributed by atoms with Crippen LogP contribution in [0.1, 0.15) is 23.6 Å². The Kier molecular flexibility index (Phi) is 6.44. The molecule has 0 fully saturated rings. The molecule has 0 unspecified atom stereocenters. The van der Waals surface area contributed by atoms with Crippen LogP contribution in [0.4, 0.5) is 11.6 Å². The molecule has 0 aliphatic carbocycles. The van der Waals surface area contributed by atoms with Gasteiger partial charge in [-0.1, -0.05) is 29.8 Å². The summed E-state index contributed by atoms with van der Waals surface area (Å²) in [5.74, 6) is 1.37. The lowest BCUT2D eigenvalue weighted by Crippen LogP contribution is -2.19. The molecule has 0 atom stereocenters. The number of hydrogen-bond donors (Lipinski definition) is 1. The van der Waals surface area contributed by atoms with Crippen LogP contribution in [0.5, 0.6) is 11.5 Å². The molecule has 29 heavy (non-hydrogen) atoms.